The van der Waals surface area contributed by atoms with E-state index < -0.39 is 5.97 Å². The maximum Gasteiger partial charge on any atom is 0.335 e. The summed E-state index contributed by atoms with van der Waals surface area (Å²) in [6, 6.07) is 19.6. The third kappa shape index (κ3) is 4.44. The van der Waals surface area contributed by atoms with Crippen LogP contribution < -0.4 is 10.1 Å². The second-order valence-corrected chi connectivity index (χ2v) is 7.55. The topological polar surface area (TPSA) is 88.5 Å². The van der Waals surface area contributed by atoms with E-state index in [0.29, 0.717) is 28.2 Å². The molecule has 160 valence electrons. The molecular weight excluding hydrogens is 404 g/mol. The first kappa shape index (κ1) is 21.1. The number of carboxylic acids is 1. The van der Waals surface area contributed by atoms with Crippen LogP contribution in [0.4, 0.5) is 0 Å². The number of carbonyl (C=O) groups excluding carboxylic acids is 1. The van der Waals surface area contributed by atoms with Crippen molar-refractivity contribution in [3.63, 3.8) is 0 Å². The normalized spacial score (nSPS) is 10.7. The summed E-state index contributed by atoms with van der Waals surface area (Å²) >= 11 is 0. The Labute approximate surface area is 185 Å². The molecule has 0 aliphatic carbocycles. The summed E-state index contributed by atoms with van der Waals surface area (Å²) in [5.74, 6) is -0.0127. The van der Waals surface area contributed by atoms with Crippen molar-refractivity contribution in [1.82, 2.24) is 10.3 Å². The van der Waals surface area contributed by atoms with Crippen LogP contribution in [0.5, 0.6) is 11.5 Å². The van der Waals surface area contributed by atoms with Gasteiger partial charge in [0.2, 0.25) is 0 Å². The number of benzene rings is 3. The molecule has 0 spiro atoms. The molecule has 0 atom stereocenters. The summed E-state index contributed by atoms with van der Waals surface area (Å²) in [5.41, 5.74) is 4.06. The number of aromatic carboxylic acids is 1. The van der Waals surface area contributed by atoms with E-state index in [1.54, 1.807) is 42.6 Å². The number of hydrogen-bond acceptors (Lipinski definition) is 4. The van der Waals surface area contributed by atoms with Gasteiger partial charge in [-0.25, -0.2) is 4.79 Å². The summed E-state index contributed by atoms with van der Waals surface area (Å²) in [6.07, 6.45) is 1.70. The molecule has 0 unspecified atom stereocenters. The monoisotopic (exact) mass is 426 g/mol. The van der Waals surface area contributed by atoms with Crippen molar-refractivity contribution in [2.75, 3.05) is 0 Å². The maximum atomic E-state index is 12.8. The lowest BCUT2D eigenvalue weighted by atomic mass is 10.1. The van der Waals surface area contributed by atoms with E-state index in [2.05, 4.69) is 10.3 Å². The number of hydrogen-bond donors (Lipinski definition) is 2. The fourth-order valence-corrected chi connectivity index (χ4v) is 3.50. The van der Waals surface area contributed by atoms with Crippen molar-refractivity contribution in [2.24, 2.45) is 0 Å². The second kappa shape index (κ2) is 8.89. The van der Waals surface area contributed by atoms with Crippen LogP contribution in [0, 0.1) is 13.8 Å². The second-order valence-electron chi connectivity index (χ2n) is 7.55. The smallest absolute Gasteiger partial charge is 0.335 e. The minimum Gasteiger partial charge on any atom is -0.478 e. The molecule has 0 radical (unpaired) electrons. The SMILES string of the molecule is Cc1ccc2c(Oc3cccc(C(=O)NCc4cccc(C(=O)O)c4)c3C)ccnc2c1. The molecule has 2 N–H and O–H groups in total. The summed E-state index contributed by atoms with van der Waals surface area (Å²) in [5, 5.41) is 12.9. The largest absolute Gasteiger partial charge is 0.478 e. The zero-order valence-electron chi connectivity index (χ0n) is 17.8. The highest BCUT2D eigenvalue weighted by Crippen LogP contribution is 2.32. The average Bonchev–Trinajstić information content (AvgIpc) is 2.79. The number of ether oxygens (including phenoxy) is 1. The molecule has 0 aliphatic rings. The molecule has 1 aromatic heterocycles. The lowest BCUT2D eigenvalue weighted by Crippen LogP contribution is -2.23. The van der Waals surface area contributed by atoms with E-state index in [0.717, 1.165) is 16.5 Å². The van der Waals surface area contributed by atoms with Gasteiger partial charge < -0.3 is 15.2 Å². The Bertz CT molecular complexity index is 1330. The quantitative estimate of drug-likeness (QED) is 0.438. The molecular formula is C26H22N2O4. The van der Waals surface area contributed by atoms with Gasteiger partial charge in [0.25, 0.3) is 5.91 Å². The van der Waals surface area contributed by atoms with Crippen LogP contribution in [-0.4, -0.2) is 22.0 Å². The Morgan fingerprint density at radius 2 is 1.78 bits per heavy atom. The predicted molar refractivity (Wildman–Crippen MR) is 122 cm³/mol. The van der Waals surface area contributed by atoms with Crippen LogP contribution in [0.25, 0.3) is 10.9 Å². The van der Waals surface area contributed by atoms with E-state index in [9.17, 15) is 9.59 Å². The minimum atomic E-state index is -1.00. The Morgan fingerprint density at radius 3 is 2.59 bits per heavy atom. The van der Waals surface area contributed by atoms with Crippen LogP contribution in [0.1, 0.15) is 37.4 Å². The van der Waals surface area contributed by atoms with Crippen LogP contribution in [-0.2, 0) is 6.54 Å². The highest BCUT2D eigenvalue weighted by atomic mass is 16.5. The van der Waals surface area contributed by atoms with Crippen LogP contribution >= 0.6 is 0 Å². The van der Waals surface area contributed by atoms with Crippen LogP contribution in [0.3, 0.4) is 0 Å². The van der Waals surface area contributed by atoms with E-state index in [4.69, 9.17) is 9.84 Å². The first-order valence-corrected chi connectivity index (χ1v) is 10.2. The molecule has 6 heteroatoms. The molecule has 0 saturated heterocycles. The van der Waals surface area contributed by atoms with Crippen molar-refractivity contribution in [2.45, 2.75) is 20.4 Å². The van der Waals surface area contributed by atoms with Gasteiger partial charge in [0.05, 0.1) is 11.1 Å². The predicted octanol–water partition coefficient (Wildman–Crippen LogP) is 5.27. The number of rotatable bonds is 6. The van der Waals surface area contributed by atoms with E-state index in [1.807, 2.05) is 38.1 Å². The fourth-order valence-electron chi connectivity index (χ4n) is 3.50. The number of nitrogens with one attached hydrogen (secondary N) is 1. The number of amides is 1. The van der Waals surface area contributed by atoms with E-state index in [1.165, 1.54) is 6.07 Å². The van der Waals surface area contributed by atoms with Crippen molar-refractivity contribution in [3.8, 4) is 11.5 Å². The van der Waals surface area contributed by atoms with Gasteiger partial charge in [-0.15, -0.1) is 0 Å². The van der Waals surface area contributed by atoms with Gasteiger partial charge in [-0.05, 0) is 67.4 Å². The number of carboxylic acid groups (broad SMARTS) is 1. The molecule has 0 saturated carbocycles. The maximum absolute atomic E-state index is 12.8. The lowest BCUT2D eigenvalue weighted by molar-refractivity contribution is 0.0696. The Balaban J connectivity index is 1.54. The highest BCUT2D eigenvalue weighted by molar-refractivity contribution is 5.96. The molecule has 4 aromatic rings. The van der Waals surface area contributed by atoms with Crippen molar-refractivity contribution < 1.29 is 19.4 Å². The molecule has 4 rings (SSSR count). The lowest BCUT2D eigenvalue weighted by Gasteiger charge is -2.14. The molecule has 3 aromatic carbocycles. The molecule has 1 heterocycles. The Morgan fingerprint density at radius 1 is 0.969 bits per heavy atom. The van der Waals surface area contributed by atoms with Gasteiger partial charge >= 0.3 is 5.97 Å². The summed E-state index contributed by atoms with van der Waals surface area (Å²) in [4.78, 5) is 28.4. The average molecular weight is 426 g/mol. The van der Waals surface area contributed by atoms with Gasteiger partial charge in [-0.3, -0.25) is 9.78 Å². The van der Waals surface area contributed by atoms with E-state index in [-0.39, 0.29) is 18.0 Å². The molecule has 32 heavy (non-hydrogen) atoms. The van der Waals surface area contributed by atoms with Crippen LogP contribution in [0.2, 0.25) is 0 Å². The summed E-state index contributed by atoms with van der Waals surface area (Å²) < 4.78 is 6.17. The summed E-state index contributed by atoms with van der Waals surface area (Å²) in [7, 11) is 0. The fraction of sp³-hybridized carbons (Fsp3) is 0.115. The Hall–Kier alpha value is -4.19. The summed E-state index contributed by atoms with van der Waals surface area (Å²) in [6.45, 7) is 4.07. The molecule has 1 amide bonds. The molecule has 0 fully saturated rings. The van der Waals surface area contributed by atoms with Gasteiger partial charge in [0.15, 0.2) is 0 Å². The molecule has 6 nitrogen and oxygen atoms in total. The Kier molecular flexibility index (Phi) is 5.85. The highest BCUT2D eigenvalue weighted by Gasteiger charge is 2.14. The third-order valence-corrected chi connectivity index (χ3v) is 5.23. The van der Waals surface area contributed by atoms with Crippen molar-refractivity contribution >= 4 is 22.8 Å². The van der Waals surface area contributed by atoms with E-state index >= 15 is 0 Å². The minimum absolute atomic E-state index is 0.183. The number of pyridine rings is 1. The van der Waals surface area contributed by atoms with Crippen molar-refractivity contribution in [3.05, 3.63) is 101 Å². The first-order chi connectivity index (χ1) is 15.4. The van der Waals surface area contributed by atoms with Crippen LogP contribution in [0.15, 0.2) is 72.9 Å². The first-order valence-electron chi connectivity index (χ1n) is 10.2. The van der Waals surface area contributed by atoms with Gasteiger partial charge in [0, 0.05) is 29.3 Å². The standard InChI is InChI=1S/C26H22N2O4/c1-16-9-10-21-22(13-16)27-12-11-24(21)32-23-8-4-7-20(17(23)2)25(29)28-15-18-5-3-6-19(14-18)26(30)31/h3-14H,15H2,1-2H3,(H,28,29)(H,30,31). The number of fused-ring (bicyclic) bond motifs is 1. The number of aromatic nitrogens is 1. The van der Waals surface area contributed by atoms with Gasteiger partial charge in [0.1, 0.15) is 11.5 Å². The van der Waals surface area contributed by atoms with Gasteiger partial charge in [-0.2, -0.15) is 0 Å². The zero-order valence-corrected chi connectivity index (χ0v) is 17.8. The number of nitrogens with zero attached hydrogens (tertiary/aromatic N) is 1. The van der Waals surface area contributed by atoms with Crippen molar-refractivity contribution in [1.29, 1.82) is 0 Å². The number of carbonyl (C=O) groups is 2. The zero-order chi connectivity index (χ0) is 22.7. The number of aryl methyl sites for hydroxylation is 1. The molecule has 0 aliphatic heterocycles. The molecule has 0 bridgehead atoms. The third-order valence-electron chi connectivity index (χ3n) is 5.23. The van der Waals surface area contributed by atoms with Gasteiger partial charge in [-0.1, -0.05) is 24.3 Å².